The average molecular weight is 337 g/mol. The number of rotatable bonds is 4. The van der Waals surface area contributed by atoms with Crippen LogP contribution in [0.25, 0.3) is 10.6 Å². The molecule has 122 valence electrons. The smallest absolute Gasteiger partial charge is 0.147 e. The number of fused-ring (bicyclic) bond motifs is 1. The Morgan fingerprint density at radius 3 is 2.79 bits per heavy atom. The summed E-state index contributed by atoms with van der Waals surface area (Å²) in [5.41, 5.74) is 2.34. The Bertz CT molecular complexity index is 849. The summed E-state index contributed by atoms with van der Waals surface area (Å²) in [5.74, 6) is 3.00. The van der Waals surface area contributed by atoms with Crippen LogP contribution in [0.3, 0.4) is 0 Å². The van der Waals surface area contributed by atoms with Crippen LogP contribution in [0.4, 0.5) is 0 Å². The first kappa shape index (κ1) is 14.3. The Hall–Kier alpha value is -2.05. The van der Waals surface area contributed by atoms with E-state index < -0.39 is 0 Å². The third-order valence-electron chi connectivity index (χ3n) is 4.76. The van der Waals surface area contributed by atoms with Crippen molar-refractivity contribution in [3.05, 3.63) is 53.1 Å². The maximum Gasteiger partial charge on any atom is 0.147 e. The predicted octanol–water partition coefficient (Wildman–Crippen LogP) is 3.29. The normalized spacial score (nSPS) is 17.8. The molecule has 0 amide bonds. The lowest BCUT2D eigenvalue weighted by Gasteiger charge is -2.27. The van der Waals surface area contributed by atoms with Crippen LogP contribution in [-0.2, 0) is 19.6 Å². The highest BCUT2D eigenvalue weighted by Gasteiger charge is 2.32. The van der Waals surface area contributed by atoms with Crippen LogP contribution in [0.1, 0.15) is 36.1 Å². The molecule has 0 saturated heterocycles. The zero-order valence-corrected chi connectivity index (χ0v) is 14.2. The number of aromatic nitrogens is 4. The van der Waals surface area contributed by atoms with E-state index in [0.717, 1.165) is 42.7 Å². The fraction of sp³-hybridized carbons (Fsp3) is 0.389. The van der Waals surface area contributed by atoms with Crippen molar-refractivity contribution in [2.75, 3.05) is 6.54 Å². The molecule has 1 aromatic carbocycles. The maximum atomic E-state index is 4.81. The van der Waals surface area contributed by atoms with Crippen LogP contribution < -0.4 is 0 Å². The summed E-state index contributed by atoms with van der Waals surface area (Å²) < 4.78 is 2.34. The Balaban J connectivity index is 1.30. The third-order valence-corrected chi connectivity index (χ3v) is 5.70. The number of benzene rings is 1. The van der Waals surface area contributed by atoms with E-state index in [2.05, 4.69) is 49.3 Å². The summed E-state index contributed by atoms with van der Waals surface area (Å²) in [7, 11) is 0. The minimum Gasteiger partial charge on any atom is -0.312 e. The average Bonchev–Trinajstić information content (AvgIpc) is 3.21. The molecule has 1 fully saturated rings. The molecule has 0 radical (unpaired) electrons. The molecule has 0 bridgehead atoms. The van der Waals surface area contributed by atoms with Gasteiger partial charge in [-0.3, -0.25) is 4.90 Å². The molecule has 0 unspecified atom stereocenters. The first-order chi connectivity index (χ1) is 11.9. The monoisotopic (exact) mass is 337 g/mol. The van der Waals surface area contributed by atoms with E-state index in [-0.39, 0.29) is 0 Å². The fourth-order valence-corrected chi connectivity index (χ4v) is 4.15. The summed E-state index contributed by atoms with van der Waals surface area (Å²) in [6.07, 6.45) is 2.56. The van der Waals surface area contributed by atoms with Crippen molar-refractivity contribution in [3.63, 3.8) is 0 Å². The van der Waals surface area contributed by atoms with Gasteiger partial charge in [0, 0.05) is 36.5 Å². The van der Waals surface area contributed by atoms with Gasteiger partial charge in [-0.2, -0.15) is 0 Å². The molecule has 5 nitrogen and oxygen atoms in total. The predicted molar refractivity (Wildman–Crippen MR) is 93.7 cm³/mol. The van der Waals surface area contributed by atoms with Gasteiger partial charge in [-0.25, -0.2) is 4.98 Å². The molecule has 2 aromatic heterocycles. The van der Waals surface area contributed by atoms with Crippen molar-refractivity contribution in [3.8, 4) is 10.6 Å². The first-order valence-corrected chi connectivity index (χ1v) is 9.39. The van der Waals surface area contributed by atoms with E-state index in [1.807, 2.05) is 6.07 Å². The van der Waals surface area contributed by atoms with Gasteiger partial charge in [0.1, 0.15) is 16.7 Å². The molecule has 24 heavy (non-hydrogen) atoms. The number of thiazole rings is 1. The fourth-order valence-electron chi connectivity index (χ4n) is 3.33. The Morgan fingerprint density at radius 1 is 1.08 bits per heavy atom. The van der Waals surface area contributed by atoms with Crippen LogP contribution in [0.15, 0.2) is 35.7 Å². The first-order valence-electron chi connectivity index (χ1n) is 8.51. The molecule has 1 saturated carbocycles. The van der Waals surface area contributed by atoms with Crippen LogP contribution in [0.5, 0.6) is 0 Å². The molecule has 1 aliphatic carbocycles. The molecule has 3 heterocycles. The molecule has 3 aromatic rings. The molecule has 0 N–H and O–H groups in total. The zero-order valence-electron chi connectivity index (χ0n) is 13.4. The molecular weight excluding hydrogens is 318 g/mol. The topological polar surface area (TPSA) is 46.8 Å². The highest BCUT2D eigenvalue weighted by molar-refractivity contribution is 7.13. The second-order valence-electron chi connectivity index (χ2n) is 6.62. The molecule has 0 spiro atoms. The van der Waals surface area contributed by atoms with E-state index in [1.165, 1.54) is 24.2 Å². The van der Waals surface area contributed by atoms with Gasteiger partial charge in [0.15, 0.2) is 0 Å². The number of hydrogen-bond donors (Lipinski definition) is 0. The summed E-state index contributed by atoms with van der Waals surface area (Å²) in [4.78, 5) is 7.23. The second kappa shape index (κ2) is 5.79. The van der Waals surface area contributed by atoms with Crippen molar-refractivity contribution in [2.24, 2.45) is 0 Å². The second-order valence-corrected chi connectivity index (χ2v) is 7.48. The number of nitrogens with zero attached hydrogens (tertiary/aromatic N) is 5. The van der Waals surface area contributed by atoms with Gasteiger partial charge in [0.25, 0.3) is 0 Å². The van der Waals surface area contributed by atoms with Crippen LogP contribution in [-0.4, -0.2) is 31.2 Å². The van der Waals surface area contributed by atoms with E-state index in [4.69, 9.17) is 4.98 Å². The minimum absolute atomic E-state index is 0.671. The lowest BCUT2D eigenvalue weighted by Crippen LogP contribution is -2.34. The van der Waals surface area contributed by atoms with E-state index in [9.17, 15) is 0 Å². The molecule has 6 heteroatoms. The molecule has 5 rings (SSSR count). The van der Waals surface area contributed by atoms with Gasteiger partial charge in [0.05, 0.1) is 12.2 Å². The van der Waals surface area contributed by atoms with E-state index >= 15 is 0 Å². The third kappa shape index (κ3) is 2.65. The molecule has 0 atom stereocenters. The Kier molecular flexibility index (Phi) is 3.45. The molecule has 1 aliphatic heterocycles. The lowest BCUT2D eigenvalue weighted by atomic mass is 10.2. The van der Waals surface area contributed by atoms with Crippen molar-refractivity contribution in [1.29, 1.82) is 0 Å². The summed E-state index contributed by atoms with van der Waals surface area (Å²) >= 11 is 1.72. The molecule has 2 aliphatic rings. The number of hydrogen-bond acceptors (Lipinski definition) is 5. The van der Waals surface area contributed by atoms with E-state index in [0.29, 0.717) is 5.92 Å². The largest absolute Gasteiger partial charge is 0.312 e. The Morgan fingerprint density at radius 2 is 1.96 bits per heavy atom. The SMILES string of the molecule is c1ccc(-c2nc(CN3CCn4c(nnc4C4CC4)C3)cs2)cc1. The van der Waals surface area contributed by atoms with Gasteiger partial charge in [-0.1, -0.05) is 30.3 Å². The maximum absolute atomic E-state index is 4.81. The highest BCUT2D eigenvalue weighted by Crippen LogP contribution is 2.39. The van der Waals surface area contributed by atoms with Gasteiger partial charge in [-0.15, -0.1) is 21.5 Å². The lowest BCUT2D eigenvalue weighted by molar-refractivity contribution is 0.205. The minimum atomic E-state index is 0.671. The van der Waals surface area contributed by atoms with E-state index in [1.54, 1.807) is 11.3 Å². The summed E-state index contributed by atoms with van der Waals surface area (Å²) in [6, 6.07) is 10.4. The van der Waals surface area contributed by atoms with Gasteiger partial charge in [-0.05, 0) is 12.8 Å². The van der Waals surface area contributed by atoms with Gasteiger partial charge >= 0.3 is 0 Å². The van der Waals surface area contributed by atoms with Gasteiger partial charge < -0.3 is 4.57 Å². The van der Waals surface area contributed by atoms with Crippen LogP contribution in [0.2, 0.25) is 0 Å². The van der Waals surface area contributed by atoms with Crippen LogP contribution in [0, 0.1) is 0 Å². The zero-order chi connectivity index (χ0) is 15.9. The highest BCUT2D eigenvalue weighted by atomic mass is 32.1. The summed E-state index contributed by atoms with van der Waals surface area (Å²) in [6.45, 7) is 3.81. The van der Waals surface area contributed by atoms with Crippen molar-refractivity contribution in [1.82, 2.24) is 24.6 Å². The standard InChI is InChI=1S/C18H19N5S/c1-2-4-14(5-3-1)18-19-15(12-24-18)10-22-8-9-23-16(11-22)20-21-17(23)13-6-7-13/h1-5,12-13H,6-11H2. The molecular formula is C18H19N5S. The van der Waals surface area contributed by atoms with Crippen LogP contribution >= 0.6 is 11.3 Å². The van der Waals surface area contributed by atoms with Crippen molar-refractivity contribution < 1.29 is 0 Å². The Labute approximate surface area is 145 Å². The summed E-state index contributed by atoms with van der Waals surface area (Å²) in [5, 5.41) is 12.1. The quantitative estimate of drug-likeness (QED) is 0.733. The van der Waals surface area contributed by atoms with Crippen molar-refractivity contribution in [2.45, 2.75) is 38.4 Å². The van der Waals surface area contributed by atoms with Gasteiger partial charge in [0.2, 0.25) is 0 Å². The van der Waals surface area contributed by atoms with Crippen molar-refractivity contribution >= 4 is 11.3 Å².